The Bertz CT molecular complexity index is 581. The molecule has 21 heavy (non-hydrogen) atoms. The molecule has 1 aliphatic rings. The topological polar surface area (TPSA) is 70.9 Å². The fraction of sp³-hybridized carbons (Fsp3) is 0.500. The summed E-state index contributed by atoms with van der Waals surface area (Å²) in [6.45, 7) is 4.03. The third kappa shape index (κ3) is 3.42. The molecule has 0 aromatic heterocycles. The molecule has 2 rings (SSSR count). The summed E-state index contributed by atoms with van der Waals surface area (Å²) in [5.41, 5.74) is 0. The lowest BCUT2D eigenvalue weighted by atomic mass is 10.2. The molecule has 2 N–H and O–H groups in total. The second kappa shape index (κ2) is 6.55. The lowest BCUT2D eigenvalue weighted by molar-refractivity contribution is -0.917. The van der Waals surface area contributed by atoms with Gasteiger partial charge in [-0.25, -0.2) is 8.42 Å². The van der Waals surface area contributed by atoms with Gasteiger partial charge in [-0.05, 0) is 19.1 Å². The highest BCUT2D eigenvalue weighted by Crippen LogP contribution is 2.14. The summed E-state index contributed by atoms with van der Waals surface area (Å²) in [5.74, 6) is -0.00985. The molecule has 1 amide bonds. The van der Waals surface area contributed by atoms with Gasteiger partial charge in [-0.3, -0.25) is 4.79 Å². The van der Waals surface area contributed by atoms with Crippen LogP contribution in [0.25, 0.3) is 0 Å². The third-order valence-corrected chi connectivity index (χ3v) is 5.91. The number of nitrogens with one attached hydrogen (secondary N) is 2. The van der Waals surface area contributed by atoms with Gasteiger partial charge in [0.15, 0.2) is 6.04 Å². The minimum Gasteiger partial charge on any atom is -0.354 e. The van der Waals surface area contributed by atoms with Crippen LogP contribution in [0.4, 0.5) is 0 Å². The molecule has 0 aliphatic carbocycles. The van der Waals surface area contributed by atoms with Crippen molar-refractivity contribution in [2.45, 2.75) is 17.9 Å². The quantitative estimate of drug-likeness (QED) is 0.727. The highest BCUT2D eigenvalue weighted by atomic mass is 32.2. The van der Waals surface area contributed by atoms with Gasteiger partial charge in [0.1, 0.15) is 0 Å². The summed E-state index contributed by atoms with van der Waals surface area (Å²) >= 11 is 0. The Morgan fingerprint density at radius 2 is 1.81 bits per heavy atom. The van der Waals surface area contributed by atoms with Crippen molar-refractivity contribution in [2.24, 2.45) is 0 Å². The second-order valence-electron chi connectivity index (χ2n) is 5.21. The smallest absolute Gasteiger partial charge is 0.277 e. The van der Waals surface area contributed by atoms with Gasteiger partial charge in [0.05, 0.1) is 31.1 Å². The predicted octanol–water partition coefficient (Wildman–Crippen LogP) is -1.29. The van der Waals surface area contributed by atoms with Crippen LogP contribution in [-0.2, 0) is 14.8 Å². The number of amides is 1. The van der Waals surface area contributed by atoms with E-state index in [1.807, 2.05) is 6.92 Å². The number of rotatable bonds is 4. The normalized spacial score (nSPS) is 19.1. The number of sulfonamides is 1. The first-order chi connectivity index (χ1) is 9.96. The highest BCUT2D eigenvalue weighted by molar-refractivity contribution is 7.89. The Morgan fingerprint density at radius 1 is 1.24 bits per heavy atom. The summed E-state index contributed by atoms with van der Waals surface area (Å²) in [7, 11) is -1.80. The zero-order valence-electron chi connectivity index (χ0n) is 12.4. The van der Waals surface area contributed by atoms with E-state index in [1.165, 1.54) is 4.31 Å². The maximum absolute atomic E-state index is 12.5. The van der Waals surface area contributed by atoms with Gasteiger partial charge in [-0.2, -0.15) is 4.31 Å². The van der Waals surface area contributed by atoms with Crippen molar-refractivity contribution in [3.8, 4) is 0 Å². The molecule has 1 atom stereocenters. The Morgan fingerprint density at radius 3 is 2.33 bits per heavy atom. The van der Waals surface area contributed by atoms with Crippen LogP contribution in [-0.4, -0.2) is 57.9 Å². The van der Waals surface area contributed by atoms with E-state index < -0.39 is 10.0 Å². The minimum atomic E-state index is -3.42. The molecule has 1 aromatic rings. The van der Waals surface area contributed by atoms with Crippen LogP contribution in [0, 0.1) is 0 Å². The first-order valence-electron chi connectivity index (χ1n) is 7.08. The van der Waals surface area contributed by atoms with Crippen molar-refractivity contribution >= 4 is 15.9 Å². The molecule has 6 nitrogen and oxygen atoms in total. The van der Waals surface area contributed by atoms with Gasteiger partial charge in [0.2, 0.25) is 10.0 Å². The van der Waals surface area contributed by atoms with Gasteiger partial charge in [0, 0.05) is 7.05 Å². The number of likely N-dealkylation sites (N-methyl/N-ethyl adjacent to an activating group) is 1. The number of nitrogens with zero attached hydrogens (tertiary/aromatic N) is 1. The zero-order chi connectivity index (χ0) is 15.5. The maximum Gasteiger partial charge on any atom is 0.277 e. The number of hydrogen-bond donors (Lipinski definition) is 2. The van der Waals surface area contributed by atoms with E-state index in [9.17, 15) is 13.2 Å². The van der Waals surface area contributed by atoms with Gasteiger partial charge in [-0.15, -0.1) is 0 Å². The Labute approximate surface area is 125 Å². The van der Waals surface area contributed by atoms with Crippen molar-refractivity contribution in [1.82, 2.24) is 9.62 Å². The van der Waals surface area contributed by atoms with E-state index in [0.717, 1.165) is 4.90 Å². The molecule has 1 aliphatic heterocycles. The standard InChI is InChI=1S/C14H21N3O3S/c1-12(14(18)15-2)16-8-10-17(11-9-16)21(19,20)13-6-4-3-5-7-13/h3-7,12H,8-11H2,1-2H3,(H,15,18)/p+1/t12-/m0/s1. The predicted molar refractivity (Wildman–Crippen MR) is 79.4 cm³/mol. The molecule has 0 saturated carbocycles. The first-order valence-corrected chi connectivity index (χ1v) is 8.52. The Balaban J connectivity index is 2.03. The maximum atomic E-state index is 12.5. The molecule has 1 aromatic carbocycles. The zero-order valence-corrected chi connectivity index (χ0v) is 13.2. The second-order valence-corrected chi connectivity index (χ2v) is 7.15. The van der Waals surface area contributed by atoms with E-state index >= 15 is 0 Å². The van der Waals surface area contributed by atoms with Crippen LogP contribution >= 0.6 is 0 Å². The van der Waals surface area contributed by atoms with E-state index in [4.69, 9.17) is 0 Å². The fourth-order valence-corrected chi connectivity index (χ4v) is 4.05. The molecule has 0 spiro atoms. The Kier molecular flexibility index (Phi) is 4.97. The van der Waals surface area contributed by atoms with Crippen molar-refractivity contribution in [2.75, 3.05) is 33.2 Å². The summed E-state index contributed by atoms with van der Waals surface area (Å²) < 4.78 is 26.5. The van der Waals surface area contributed by atoms with Crippen LogP contribution in [0.3, 0.4) is 0 Å². The number of piperazine rings is 1. The number of carbonyl (C=O) groups excluding carboxylic acids is 1. The average molecular weight is 312 g/mol. The molecule has 7 heteroatoms. The van der Waals surface area contributed by atoms with Crippen molar-refractivity contribution in [3.63, 3.8) is 0 Å². The molecule has 0 bridgehead atoms. The van der Waals surface area contributed by atoms with Crippen LogP contribution in [0.5, 0.6) is 0 Å². The summed E-state index contributed by atoms with van der Waals surface area (Å²) in [6.07, 6.45) is 0. The summed E-state index contributed by atoms with van der Waals surface area (Å²) in [5, 5.41) is 2.64. The van der Waals surface area contributed by atoms with Gasteiger partial charge in [-0.1, -0.05) is 18.2 Å². The largest absolute Gasteiger partial charge is 0.354 e. The van der Waals surface area contributed by atoms with E-state index in [2.05, 4.69) is 5.32 Å². The van der Waals surface area contributed by atoms with E-state index in [1.54, 1.807) is 37.4 Å². The van der Waals surface area contributed by atoms with Gasteiger partial charge < -0.3 is 10.2 Å². The molecule has 0 radical (unpaired) electrons. The molecule has 0 unspecified atom stereocenters. The molecule has 1 heterocycles. The highest BCUT2D eigenvalue weighted by Gasteiger charge is 2.33. The minimum absolute atomic E-state index is 0.00985. The molecule has 116 valence electrons. The number of carbonyl (C=O) groups is 1. The monoisotopic (exact) mass is 312 g/mol. The summed E-state index contributed by atoms with van der Waals surface area (Å²) in [6, 6.07) is 8.32. The lowest BCUT2D eigenvalue weighted by Crippen LogP contribution is -3.19. The lowest BCUT2D eigenvalue weighted by Gasteiger charge is -2.34. The fourth-order valence-electron chi connectivity index (χ4n) is 2.59. The van der Waals surface area contributed by atoms with Crippen molar-refractivity contribution in [3.05, 3.63) is 30.3 Å². The SMILES string of the molecule is CNC(=O)[C@H](C)[NH+]1CCN(S(=O)(=O)c2ccccc2)CC1. The van der Waals surface area contributed by atoms with Crippen LogP contribution in [0.2, 0.25) is 0 Å². The number of quaternary nitrogens is 1. The number of hydrogen-bond acceptors (Lipinski definition) is 3. The molecule has 1 fully saturated rings. The summed E-state index contributed by atoms with van der Waals surface area (Å²) in [4.78, 5) is 13.1. The van der Waals surface area contributed by atoms with Crippen molar-refractivity contribution < 1.29 is 18.1 Å². The van der Waals surface area contributed by atoms with Crippen LogP contribution < -0.4 is 10.2 Å². The van der Waals surface area contributed by atoms with Gasteiger partial charge >= 0.3 is 0 Å². The average Bonchev–Trinajstić information content (AvgIpc) is 2.54. The number of benzene rings is 1. The van der Waals surface area contributed by atoms with E-state index in [0.29, 0.717) is 31.1 Å². The molecular weight excluding hydrogens is 290 g/mol. The van der Waals surface area contributed by atoms with Crippen LogP contribution in [0.15, 0.2) is 35.2 Å². The van der Waals surface area contributed by atoms with E-state index in [-0.39, 0.29) is 11.9 Å². The first kappa shape index (κ1) is 15.9. The van der Waals surface area contributed by atoms with Crippen LogP contribution in [0.1, 0.15) is 6.92 Å². The van der Waals surface area contributed by atoms with Crippen molar-refractivity contribution in [1.29, 1.82) is 0 Å². The van der Waals surface area contributed by atoms with Gasteiger partial charge in [0.25, 0.3) is 5.91 Å². The third-order valence-electron chi connectivity index (χ3n) is 4.00. The molecular formula is C14H22N3O3S+. The molecule has 1 saturated heterocycles. The Hall–Kier alpha value is -1.44.